The first-order chi connectivity index (χ1) is 13.0. The Kier molecular flexibility index (Phi) is 4.63. The van der Waals surface area contributed by atoms with Crippen molar-refractivity contribution in [3.63, 3.8) is 0 Å². The van der Waals surface area contributed by atoms with Crippen molar-refractivity contribution < 1.29 is 14.3 Å². The summed E-state index contributed by atoms with van der Waals surface area (Å²) in [6.07, 6.45) is 3.79. The van der Waals surface area contributed by atoms with Gasteiger partial charge in [-0.1, -0.05) is 19.8 Å². The van der Waals surface area contributed by atoms with E-state index in [-0.39, 0.29) is 24.4 Å². The van der Waals surface area contributed by atoms with Gasteiger partial charge in [-0.25, -0.2) is 9.78 Å². The number of imide groups is 1. The highest BCUT2D eigenvalue weighted by Gasteiger charge is 2.54. The van der Waals surface area contributed by atoms with Gasteiger partial charge in [-0.2, -0.15) is 0 Å². The van der Waals surface area contributed by atoms with Gasteiger partial charge in [0, 0.05) is 10.9 Å². The van der Waals surface area contributed by atoms with E-state index < -0.39 is 5.54 Å². The Morgan fingerprint density at radius 2 is 2.07 bits per heavy atom. The van der Waals surface area contributed by atoms with Crippen LogP contribution in [0.1, 0.15) is 38.3 Å². The van der Waals surface area contributed by atoms with Gasteiger partial charge in [-0.05, 0) is 43.0 Å². The molecular formula is C20H23N3O3S. The molecule has 1 N–H and O–H groups in total. The van der Waals surface area contributed by atoms with Gasteiger partial charge in [0.15, 0.2) is 0 Å². The van der Waals surface area contributed by atoms with Crippen LogP contribution in [0.3, 0.4) is 0 Å². The van der Waals surface area contributed by atoms with Crippen molar-refractivity contribution in [2.24, 2.45) is 5.92 Å². The molecule has 1 saturated carbocycles. The second-order valence-electron chi connectivity index (χ2n) is 7.31. The van der Waals surface area contributed by atoms with Crippen LogP contribution in [-0.2, 0) is 11.3 Å². The Morgan fingerprint density at radius 1 is 1.30 bits per heavy atom. The number of hydrogen-bond donors (Lipinski definition) is 1. The van der Waals surface area contributed by atoms with Crippen molar-refractivity contribution in [2.75, 3.05) is 7.11 Å². The molecule has 0 radical (unpaired) electrons. The third-order valence-corrected chi connectivity index (χ3v) is 6.65. The third kappa shape index (κ3) is 3.10. The molecule has 1 saturated heterocycles. The van der Waals surface area contributed by atoms with Crippen molar-refractivity contribution >= 4 is 23.3 Å². The van der Waals surface area contributed by atoms with Gasteiger partial charge in [0.2, 0.25) is 0 Å². The number of carbonyl (C=O) groups excluding carboxylic acids is 2. The number of amides is 3. The third-order valence-electron chi connectivity index (χ3n) is 5.71. The minimum absolute atomic E-state index is 0.0984. The highest BCUT2D eigenvalue weighted by atomic mass is 32.1. The molecule has 7 heteroatoms. The first-order valence-electron chi connectivity index (χ1n) is 9.26. The topological polar surface area (TPSA) is 71.5 Å². The summed E-state index contributed by atoms with van der Waals surface area (Å²) in [4.78, 5) is 31.5. The Labute approximate surface area is 162 Å². The molecule has 6 nitrogen and oxygen atoms in total. The molecule has 1 spiro atoms. The summed E-state index contributed by atoms with van der Waals surface area (Å²) in [5.41, 5.74) is 1.00. The highest BCUT2D eigenvalue weighted by molar-refractivity contribution is 7.13. The van der Waals surface area contributed by atoms with E-state index in [1.54, 1.807) is 7.11 Å². The zero-order valence-electron chi connectivity index (χ0n) is 15.5. The Bertz CT molecular complexity index is 864. The normalized spacial score (nSPS) is 25.1. The lowest BCUT2D eigenvalue weighted by atomic mass is 9.73. The number of rotatable bonds is 4. The number of benzene rings is 1. The first kappa shape index (κ1) is 18.0. The number of ether oxygens (including phenoxy) is 1. The summed E-state index contributed by atoms with van der Waals surface area (Å²) in [6, 6.07) is 7.39. The van der Waals surface area contributed by atoms with E-state index in [2.05, 4.69) is 17.2 Å². The molecule has 27 heavy (non-hydrogen) atoms. The predicted molar refractivity (Wildman–Crippen MR) is 104 cm³/mol. The second kappa shape index (κ2) is 6.96. The lowest BCUT2D eigenvalue weighted by Crippen LogP contribution is -2.53. The molecule has 0 unspecified atom stereocenters. The second-order valence-corrected chi connectivity index (χ2v) is 8.17. The van der Waals surface area contributed by atoms with Gasteiger partial charge >= 0.3 is 6.03 Å². The fourth-order valence-electron chi connectivity index (χ4n) is 4.05. The summed E-state index contributed by atoms with van der Waals surface area (Å²) in [5, 5.41) is 5.76. The number of carbonyl (C=O) groups is 2. The molecular weight excluding hydrogens is 362 g/mol. The fraction of sp³-hybridized carbons (Fsp3) is 0.450. The Balaban J connectivity index is 1.52. The van der Waals surface area contributed by atoms with Crippen LogP contribution in [0, 0.1) is 5.92 Å². The molecule has 1 aromatic heterocycles. The molecule has 1 aliphatic carbocycles. The van der Waals surface area contributed by atoms with Gasteiger partial charge in [-0.15, -0.1) is 11.3 Å². The van der Waals surface area contributed by atoms with Crippen LogP contribution in [0.25, 0.3) is 10.6 Å². The lowest BCUT2D eigenvalue weighted by molar-refractivity contribution is -0.134. The van der Waals surface area contributed by atoms with E-state index in [1.165, 1.54) is 16.2 Å². The van der Waals surface area contributed by atoms with Crippen LogP contribution in [0.2, 0.25) is 0 Å². The average molecular weight is 385 g/mol. The minimum Gasteiger partial charge on any atom is -0.497 e. The van der Waals surface area contributed by atoms with E-state index in [9.17, 15) is 9.59 Å². The number of aromatic nitrogens is 1. The molecule has 1 aromatic carbocycles. The molecule has 1 aliphatic heterocycles. The van der Waals surface area contributed by atoms with Gasteiger partial charge in [0.1, 0.15) is 16.3 Å². The summed E-state index contributed by atoms with van der Waals surface area (Å²) in [5.74, 6) is 0.860. The molecule has 2 atom stereocenters. The summed E-state index contributed by atoms with van der Waals surface area (Å²) < 4.78 is 5.18. The Morgan fingerprint density at radius 3 is 2.78 bits per heavy atom. The molecule has 2 heterocycles. The molecule has 0 bridgehead atoms. The number of nitrogens with zero attached hydrogens (tertiary/aromatic N) is 2. The van der Waals surface area contributed by atoms with Gasteiger partial charge in [0.05, 0.1) is 19.3 Å². The van der Waals surface area contributed by atoms with Crippen LogP contribution in [0.5, 0.6) is 5.75 Å². The molecule has 2 aliphatic rings. The van der Waals surface area contributed by atoms with E-state index in [0.29, 0.717) is 0 Å². The maximum atomic E-state index is 13.1. The number of urea groups is 1. The smallest absolute Gasteiger partial charge is 0.325 e. The van der Waals surface area contributed by atoms with Gasteiger partial charge in [0.25, 0.3) is 5.91 Å². The number of thiazole rings is 1. The van der Waals surface area contributed by atoms with Crippen molar-refractivity contribution in [1.29, 1.82) is 0 Å². The summed E-state index contributed by atoms with van der Waals surface area (Å²) in [6.45, 7) is 2.28. The van der Waals surface area contributed by atoms with Crippen LogP contribution in [-0.4, -0.2) is 34.5 Å². The lowest BCUT2D eigenvalue weighted by Gasteiger charge is -2.36. The van der Waals surface area contributed by atoms with Gasteiger partial charge in [-0.3, -0.25) is 9.69 Å². The zero-order valence-corrected chi connectivity index (χ0v) is 16.3. The van der Waals surface area contributed by atoms with Crippen molar-refractivity contribution in [3.8, 4) is 16.3 Å². The summed E-state index contributed by atoms with van der Waals surface area (Å²) in [7, 11) is 1.63. The van der Waals surface area contributed by atoms with E-state index in [4.69, 9.17) is 4.74 Å². The van der Waals surface area contributed by atoms with E-state index in [0.717, 1.165) is 47.7 Å². The average Bonchev–Trinajstić information content (AvgIpc) is 3.24. The molecule has 142 valence electrons. The van der Waals surface area contributed by atoms with Crippen LogP contribution < -0.4 is 10.1 Å². The van der Waals surface area contributed by atoms with E-state index >= 15 is 0 Å². The first-order valence-corrected chi connectivity index (χ1v) is 10.1. The number of methoxy groups -OCH3 is 1. The molecule has 3 amide bonds. The SMILES string of the molecule is COc1ccc(-c2nc(CN3C(=O)N[C@@]4(CCCC[C@@H]4C)C3=O)cs2)cc1. The standard InChI is InChI=1S/C20H23N3O3S/c1-13-5-3-4-10-20(13)18(24)23(19(25)22-20)11-15-12-27-17(21-15)14-6-8-16(26-2)9-7-14/h6-9,12-13H,3-5,10-11H2,1-2H3,(H,22,25)/t13-,20+/m0/s1. The van der Waals surface area contributed by atoms with Crippen LogP contribution in [0.15, 0.2) is 29.6 Å². The Hall–Kier alpha value is -2.41. The van der Waals surface area contributed by atoms with Crippen molar-refractivity contribution in [2.45, 2.75) is 44.7 Å². The minimum atomic E-state index is -0.718. The van der Waals surface area contributed by atoms with E-state index in [1.807, 2.05) is 29.6 Å². The largest absolute Gasteiger partial charge is 0.497 e. The predicted octanol–water partition coefficient (Wildman–Crippen LogP) is 3.82. The summed E-state index contributed by atoms with van der Waals surface area (Å²) >= 11 is 1.51. The highest BCUT2D eigenvalue weighted by Crippen LogP contribution is 2.38. The number of hydrogen-bond acceptors (Lipinski definition) is 5. The molecule has 2 fully saturated rings. The van der Waals surface area contributed by atoms with Crippen molar-refractivity contribution in [3.05, 3.63) is 35.3 Å². The zero-order chi connectivity index (χ0) is 19.0. The number of nitrogens with one attached hydrogen (secondary N) is 1. The van der Waals surface area contributed by atoms with Crippen LogP contribution >= 0.6 is 11.3 Å². The maximum absolute atomic E-state index is 13.1. The van der Waals surface area contributed by atoms with Crippen LogP contribution in [0.4, 0.5) is 4.79 Å². The fourth-order valence-corrected chi connectivity index (χ4v) is 4.86. The molecule has 2 aromatic rings. The quantitative estimate of drug-likeness (QED) is 0.812. The van der Waals surface area contributed by atoms with Crippen molar-refractivity contribution in [1.82, 2.24) is 15.2 Å². The monoisotopic (exact) mass is 385 g/mol. The maximum Gasteiger partial charge on any atom is 0.325 e. The van der Waals surface area contributed by atoms with Gasteiger partial charge < -0.3 is 10.1 Å². The molecule has 4 rings (SSSR count).